The van der Waals surface area contributed by atoms with E-state index in [0.29, 0.717) is 17.4 Å². The van der Waals surface area contributed by atoms with Crippen molar-refractivity contribution in [2.24, 2.45) is 5.92 Å². The largest absolute Gasteiger partial charge is 0.379 e. The van der Waals surface area contributed by atoms with Crippen LogP contribution in [-0.2, 0) is 14.3 Å². The standard InChI is InChI=1S/C10H15FN2O4/c1-6(2)5-17-4-3-13-9(15)7(11)8(14)12-10(13)16/h6-7H,3-5H2,1-2H3,(H,12,14,16). The van der Waals surface area contributed by atoms with Gasteiger partial charge < -0.3 is 4.74 Å². The summed E-state index contributed by atoms with van der Waals surface area (Å²) >= 11 is 0. The monoisotopic (exact) mass is 246 g/mol. The summed E-state index contributed by atoms with van der Waals surface area (Å²) in [7, 11) is 0. The Kier molecular flexibility index (Phi) is 4.56. The molecule has 0 spiro atoms. The first kappa shape index (κ1) is 13.6. The third kappa shape index (κ3) is 3.48. The summed E-state index contributed by atoms with van der Waals surface area (Å²) in [5.41, 5.74) is 0. The summed E-state index contributed by atoms with van der Waals surface area (Å²) in [4.78, 5) is 34.0. The van der Waals surface area contributed by atoms with E-state index in [2.05, 4.69) is 0 Å². The number of nitrogens with zero attached hydrogens (tertiary/aromatic N) is 1. The second-order valence-electron chi connectivity index (χ2n) is 4.12. The quantitative estimate of drug-likeness (QED) is 0.550. The first-order valence-corrected chi connectivity index (χ1v) is 5.31. The van der Waals surface area contributed by atoms with Gasteiger partial charge in [0.05, 0.1) is 13.2 Å². The van der Waals surface area contributed by atoms with Gasteiger partial charge in [-0.05, 0) is 5.92 Å². The van der Waals surface area contributed by atoms with Crippen LogP contribution in [0.5, 0.6) is 0 Å². The molecule has 7 heteroatoms. The zero-order valence-electron chi connectivity index (χ0n) is 9.73. The maximum Gasteiger partial charge on any atom is 0.331 e. The normalized spacial score (nSPS) is 21.1. The number of imide groups is 2. The summed E-state index contributed by atoms with van der Waals surface area (Å²) in [6, 6.07) is -0.901. The van der Waals surface area contributed by atoms with Gasteiger partial charge in [-0.15, -0.1) is 0 Å². The number of carbonyl (C=O) groups excluding carboxylic acids is 3. The van der Waals surface area contributed by atoms with Crippen LogP contribution in [0.15, 0.2) is 0 Å². The number of hydrogen-bond acceptors (Lipinski definition) is 4. The van der Waals surface area contributed by atoms with E-state index < -0.39 is 24.0 Å². The Bertz CT molecular complexity index is 332. The molecule has 4 amide bonds. The molecule has 6 nitrogen and oxygen atoms in total. The second kappa shape index (κ2) is 5.72. The number of rotatable bonds is 5. The van der Waals surface area contributed by atoms with Crippen LogP contribution in [0.3, 0.4) is 0 Å². The fourth-order valence-corrected chi connectivity index (χ4v) is 1.27. The van der Waals surface area contributed by atoms with Crippen LogP contribution in [0.25, 0.3) is 0 Å². The first-order chi connectivity index (χ1) is 7.93. The SMILES string of the molecule is CC(C)COCCN1C(=O)NC(=O)C(F)C1=O. The lowest BCUT2D eigenvalue weighted by Crippen LogP contribution is -2.59. The molecular formula is C10H15FN2O4. The molecule has 1 N–H and O–H groups in total. The van der Waals surface area contributed by atoms with Gasteiger partial charge in [-0.3, -0.25) is 19.8 Å². The Balaban J connectivity index is 2.44. The Morgan fingerprint density at radius 2 is 2.06 bits per heavy atom. The molecule has 17 heavy (non-hydrogen) atoms. The summed E-state index contributed by atoms with van der Waals surface area (Å²) in [6.07, 6.45) is -2.31. The number of halogens is 1. The number of nitrogens with one attached hydrogen (secondary N) is 1. The molecule has 1 saturated heterocycles. The second-order valence-corrected chi connectivity index (χ2v) is 4.12. The predicted molar refractivity (Wildman–Crippen MR) is 55.8 cm³/mol. The number of ether oxygens (including phenoxy) is 1. The van der Waals surface area contributed by atoms with Gasteiger partial charge in [-0.25, -0.2) is 9.18 Å². The zero-order valence-corrected chi connectivity index (χ0v) is 9.73. The van der Waals surface area contributed by atoms with E-state index in [0.717, 1.165) is 0 Å². The summed E-state index contributed by atoms with van der Waals surface area (Å²) in [6.45, 7) is 4.45. The third-order valence-electron chi connectivity index (χ3n) is 2.10. The lowest BCUT2D eigenvalue weighted by atomic mass is 10.2. The highest BCUT2D eigenvalue weighted by Crippen LogP contribution is 2.06. The molecular weight excluding hydrogens is 231 g/mol. The zero-order chi connectivity index (χ0) is 13.0. The van der Waals surface area contributed by atoms with Crippen LogP contribution in [0, 0.1) is 5.92 Å². The highest BCUT2D eigenvalue weighted by atomic mass is 19.1. The molecule has 1 fully saturated rings. The minimum atomic E-state index is -2.31. The Hall–Kier alpha value is -1.50. The van der Waals surface area contributed by atoms with E-state index in [1.54, 1.807) is 5.32 Å². The molecule has 0 aromatic heterocycles. The lowest BCUT2D eigenvalue weighted by molar-refractivity contribution is -0.144. The van der Waals surface area contributed by atoms with E-state index in [1.807, 2.05) is 13.8 Å². The number of hydrogen-bond donors (Lipinski definition) is 1. The van der Waals surface area contributed by atoms with Gasteiger partial charge in [0.25, 0.3) is 18.0 Å². The minimum absolute atomic E-state index is 0.0644. The highest BCUT2D eigenvalue weighted by molar-refractivity contribution is 6.17. The predicted octanol–water partition coefficient (Wildman–Crippen LogP) is 0.0755. The van der Waals surface area contributed by atoms with Crippen molar-refractivity contribution in [2.75, 3.05) is 19.8 Å². The number of urea groups is 1. The van der Waals surface area contributed by atoms with Gasteiger partial charge in [-0.2, -0.15) is 0 Å². The van der Waals surface area contributed by atoms with Crippen molar-refractivity contribution in [1.82, 2.24) is 10.2 Å². The topological polar surface area (TPSA) is 75.7 Å². The van der Waals surface area contributed by atoms with E-state index in [-0.39, 0.29) is 13.2 Å². The van der Waals surface area contributed by atoms with Crippen LogP contribution < -0.4 is 5.32 Å². The molecule has 0 bridgehead atoms. The maximum absolute atomic E-state index is 13.0. The van der Waals surface area contributed by atoms with Crippen LogP contribution in [0.1, 0.15) is 13.8 Å². The van der Waals surface area contributed by atoms with Crippen LogP contribution >= 0.6 is 0 Å². The number of barbiturate groups is 1. The average molecular weight is 246 g/mol. The van der Waals surface area contributed by atoms with E-state index in [4.69, 9.17) is 4.74 Å². The lowest BCUT2D eigenvalue weighted by Gasteiger charge is -2.26. The van der Waals surface area contributed by atoms with Gasteiger partial charge in [0, 0.05) is 6.61 Å². The summed E-state index contributed by atoms with van der Waals surface area (Å²) in [5.74, 6) is -2.01. The molecule has 1 unspecified atom stereocenters. The number of carbonyl (C=O) groups is 3. The fraction of sp³-hybridized carbons (Fsp3) is 0.700. The van der Waals surface area contributed by atoms with Crippen LogP contribution in [-0.4, -0.2) is 48.7 Å². The fourth-order valence-electron chi connectivity index (χ4n) is 1.27. The van der Waals surface area contributed by atoms with Crippen molar-refractivity contribution in [3.8, 4) is 0 Å². The van der Waals surface area contributed by atoms with Crippen molar-refractivity contribution >= 4 is 17.8 Å². The molecule has 0 aromatic rings. The number of alkyl halides is 1. The molecule has 0 aromatic carbocycles. The number of amides is 4. The van der Waals surface area contributed by atoms with Crippen molar-refractivity contribution in [1.29, 1.82) is 0 Å². The Morgan fingerprint density at radius 1 is 1.41 bits per heavy atom. The van der Waals surface area contributed by atoms with Gasteiger partial charge in [0.1, 0.15) is 0 Å². The Labute approximate surface area is 98.1 Å². The molecule has 1 aliphatic heterocycles. The first-order valence-electron chi connectivity index (χ1n) is 5.31. The van der Waals surface area contributed by atoms with Crippen molar-refractivity contribution in [3.05, 3.63) is 0 Å². The third-order valence-corrected chi connectivity index (χ3v) is 2.10. The van der Waals surface area contributed by atoms with Crippen LogP contribution in [0.2, 0.25) is 0 Å². The maximum atomic E-state index is 13.0. The van der Waals surface area contributed by atoms with Crippen LogP contribution in [0.4, 0.5) is 9.18 Å². The smallest absolute Gasteiger partial charge is 0.331 e. The van der Waals surface area contributed by atoms with Gasteiger partial charge in [0.15, 0.2) is 0 Å². The molecule has 1 aliphatic rings. The van der Waals surface area contributed by atoms with Crippen molar-refractivity contribution < 1.29 is 23.5 Å². The molecule has 1 atom stereocenters. The summed E-state index contributed by atoms with van der Waals surface area (Å²) in [5, 5.41) is 1.76. The molecule has 0 aliphatic carbocycles. The van der Waals surface area contributed by atoms with Crippen molar-refractivity contribution in [3.63, 3.8) is 0 Å². The van der Waals surface area contributed by atoms with Gasteiger partial charge >= 0.3 is 6.03 Å². The molecule has 0 radical (unpaired) electrons. The highest BCUT2D eigenvalue weighted by Gasteiger charge is 2.40. The van der Waals surface area contributed by atoms with E-state index in [9.17, 15) is 18.8 Å². The minimum Gasteiger partial charge on any atom is -0.379 e. The average Bonchev–Trinajstić information content (AvgIpc) is 2.24. The molecule has 96 valence electrons. The van der Waals surface area contributed by atoms with E-state index in [1.165, 1.54) is 0 Å². The van der Waals surface area contributed by atoms with Gasteiger partial charge in [0.2, 0.25) is 0 Å². The molecule has 1 rings (SSSR count). The van der Waals surface area contributed by atoms with E-state index >= 15 is 0 Å². The van der Waals surface area contributed by atoms with Gasteiger partial charge in [-0.1, -0.05) is 13.8 Å². The van der Waals surface area contributed by atoms with Crippen molar-refractivity contribution in [2.45, 2.75) is 20.0 Å². The molecule has 0 saturated carbocycles. The molecule has 1 heterocycles. The Morgan fingerprint density at radius 3 is 2.65 bits per heavy atom. The summed E-state index contributed by atoms with van der Waals surface area (Å²) < 4.78 is 18.2.